The summed E-state index contributed by atoms with van der Waals surface area (Å²) in [6.45, 7) is 7.04. The van der Waals surface area contributed by atoms with Crippen LogP contribution in [0, 0.1) is 11.8 Å². The number of aromatic nitrogens is 2. The zero-order chi connectivity index (χ0) is 17.1. The number of hydrogen-bond donors (Lipinski definition) is 3. The van der Waals surface area contributed by atoms with Crippen molar-refractivity contribution in [1.29, 1.82) is 0 Å². The second kappa shape index (κ2) is 7.58. The Labute approximate surface area is 149 Å². The second-order valence-corrected chi connectivity index (χ2v) is 7.40. The van der Waals surface area contributed by atoms with Gasteiger partial charge in [-0.2, -0.15) is 5.10 Å². The molecule has 2 aliphatic carbocycles. The molecule has 0 amide bonds. The molecule has 2 saturated carbocycles. The molecule has 2 fully saturated rings. The van der Waals surface area contributed by atoms with E-state index >= 15 is 0 Å². The van der Waals surface area contributed by atoms with Gasteiger partial charge in [-0.3, -0.25) is 5.10 Å². The fourth-order valence-electron chi connectivity index (χ4n) is 3.97. The van der Waals surface area contributed by atoms with Gasteiger partial charge in [0.15, 0.2) is 0 Å². The lowest BCUT2D eigenvalue weighted by molar-refractivity contribution is 0.601. The lowest BCUT2D eigenvalue weighted by atomic mass is 9.95. The van der Waals surface area contributed by atoms with Gasteiger partial charge in [0.05, 0.1) is 5.69 Å². The fourth-order valence-corrected chi connectivity index (χ4v) is 4.08. The van der Waals surface area contributed by atoms with Crippen molar-refractivity contribution in [3.63, 3.8) is 0 Å². The van der Waals surface area contributed by atoms with E-state index in [1.165, 1.54) is 30.5 Å². The van der Waals surface area contributed by atoms with Crippen LogP contribution in [0.25, 0.3) is 0 Å². The normalized spacial score (nSPS) is 26.0. The molecule has 0 bridgehead atoms. The van der Waals surface area contributed by atoms with Gasteiger partial charge in [-0.25, -0.2) is 0 Å². The molecule has 1 heterocycles. The van der Waals surface area contributed by atoms with Crippen LogP contribution in [0.3, 0.4) is 0 Å². The Morgan fingerprint density at radius 1 is 1.42 bits per heavy atom. The predicted molar refractivity (Wildman–Crippen MR) is 99.6 cm³/mol. The van der Waals surface area contributed by atoms with Crippen LogP contribution in [0.4, 0.5) is 0 Å². The van der Waals surface area contributed by atoms with E-state index in [1.54, 1.807) is 0 Å². The minimum absolute atomic E-state index is 0.516. The van der Waals surface area contributed by atoms with Crippen LogP contribution in [-0.4, -0.2) is 16.7 Å². The molecule has 130 valence electrons. The van der Waals surface area contributed by atoms with E-state index in [1.807, 2.05) is 25.2 Å². The highest BCUT2D eigenvalue weighted by atomic mass is 35.5. The fraction of sp³-hybridized carbons (Fsp3) is 0.526. The van der Waals surface area contributed by atoms with Gasteiger partial charge in [-0.1, -0.05) is 24.3 Å². The minimum atomic E-state index is 0.516. The minimum Gasteiger partial charge on any atom is -0.385 e. The van der Waals surface area contributed by atoms with Crippen LogP contribution in [-0.2, 0) is 13.0 Å². The molecule has 2 aliphatic rings. The van der Waals surface area contributed by atoms with Gasteiger partial charge < -0.3 is 11.1 Å². The number of nitrogens with one attached hydrogen (secondary N) is 2. The molecular weight excluding hydrogens is 320 g/mol. The van der Waals surface area contributed by atoms with Gasteiger partial charge in [0, 0.05) is 47.4 Å². The van der Waals surface area contributed by atoms with Gasteiger partial charge in [0.25, 0.3) is 0 Å². The van der Waals surface area contributed by atoms with Crippen molar-refractivity contribution in [2.75, 3.05) is 6.54 Å². The number of hydrogen-bond acceptors (Lipinski definition) is 3. The quantitative estimate of drug-likeness (QED) is 0.628. The zero-order valence-corrected chi connectivity index (χ0v) is 15.1. The molecule has 0 radical (unpaired) electrons. The highest BCUT2D eigenvalue weighted by molar-refractivity contribution is 6.30. The average molecular weight is 347 g/mol. The largest absolute Gasteiger partial charge is 0.385 e. The van der Waals surface area contributed by atoms with Crippen LogP contribution in [0.15, 0.2) is 35.5 Å². The molecule has 2 atom stereocenters. The SMILES string of the molecule is C=C(Cl)/C=C(\C=CC)NCCc1[nH]nc(C2CC3CC3C2)c1CN. The molecule has 0 saturated heterocycles. The Morgan fingerprint density at radius 2 is 2.17 bits per heavy atom. The first-order valence-corrected chi connectivity index (χ1v) is 9.18. The molecule has 1 aromatic heterocycles. The highest BCUT2D eigenvalue weighted by Crippen LogP contribution is 2.57. The topological polar surface area (TPSA) is 66.7 Å². The Bertz CT molecular complexity index is 648. The van der Waals surface area contributed by atoms with Crippen molar-refractivity contribution < 1.29 is 0 Å². The van der Waals surface area contributed by atoms with Crippen LogP contribution in [0.5, 0.6) is 0 Å². The van der Waals surface area contributed by atoms with E-state index in [4.69, 9.17) is 17.3 Å². The predicted octanol–water partition coefficient (Wildman–Crippen LogP) is 3.73. The number of rotatable bonds is 8. The van der Waals surface area contributed by atoms with E-state index in [0.29, 0.717) is 17.5 Å². The summed E-state index contributed by atoms with van der Waals surface area (Å²) in [5, 5.41) is 11.7. The summed E-state index contributed by atoms with van der Waals surface area (Å²) in [5.41, 5.74) is 10.6. The van der Waals surface area contributed by atoms with Crippen LogP contribution >= 0.6 is 11.6 Å². The molecule has 0 aromatic carbocycles. The van der Waals surface area contributed by atoms with E-state index in [-0.39, 0.29) is 0 Å². The number of halogens is 1. The standard InChI is InChI=1S/C19H27ClN4/c1-3-4-16(7-12(2)20)22-6-5-18-17(11-21)19(24-23-18)15-9-13-8-14(13)10-15/h3-4,7,13-15,22H,2,5-6,8-11,21H2,1H3,(H,23,24)/b4-3?,16-7+. The summed E-state index contributed by atoms with van der Waals surface area (Å²) in [7, 11) is 0. The Morgan fingerprint density at radius 3 is 2.79 bits per heavy atom. The molecule has 4 N–H and O–H groups in total. The molecule has 4 nitrogen and oxygen atoms in total. The second-order valence-electron chi connectivity index (χ2n) is 6.92. The summed E-state index contributed by atoms with van der Waals surface area (Å²) in [4.78, 5) is 0. The van der Waals surface area contributed by atoms with Crippen molar-refractivity contribution in [1.82, 2.24) is 15.5 Å². The molecule has 24 heavy (non-hydrogen) atoms. The number of aromatic amines is 1. The summed E-state index contributed by atoms with van der Waals surface area (Å²) in [6.07, 6.45) is 10.7. The highest BCUT2D eigenvalue weighted by Gasteiger charge is 2.47. The monoisotopic (exact) mass is 346 g/mol. The number of nitrogens with two attached hydrogens (primary N) is 1. The summed E-state index contributed by atoms with van der Waals surface area (Å²) in [6, 6.07) is 0. The zero-order valence-electron chi connectivity index (χ0n) is 14.3. The lowest BCUT2D eigenvalue weighted by Gasteiger charge is -2.11. The Balaban J connectivity index is 1.61. The van der Waals surface area contributed by atoms with Gasteiger partial charge >= 0.3 is 0 Å². The van der Waals surface area contributed by atoms with Crippen molar-refractivity contribution in [2.24, 2.45) is 17.6 Å². The van der Waals surface area contributed by atoms with Gasteiger partial charge in [-0.05, 0) is 50.2 Å². The summed E-state index contributed by atoms with van der Waals surface area (Å²) >= 11 is 5.87. The Kier molecular flexibility index (Phi) is 5.47. The van der Waals surface area contributed by atoms with E-state index in [9.17, 15) is 0 Å². The first-order valence-electron chi connectivity index (χ1n) is 8.81. The molecule has 2 unspecified atom stereocenters. The molecule has 3 rings (SSSR count). The first kappa shape index (κ1) is 17.3. The molecule has 1 aromatic rings. The third-order valence-corrected chi connectivity index (χ3v) is 5.29. The third-order valence-electron chi connectivity index (χ3n) is 5.18. The van der Waals surface area contributed by atoms with Gasteiger partial charge in [0.1, 0.15) is 0 Å². The summed E-state index contributed by atoms with van der Waals surface area (Å²) in [5.74, 6) is 2.53. The van der Waals surface area contributed by atoms with Crippen LogP contribution in [0.2, 0.25) is 0 Å². The van der Waals surface area contributed by atoms with Crippen LogP contribution in [0.1, 0.15) is 49.1 Å². The van der Waals surface area contributed by atoms with Crippen molar-refractivity contribution in [3.05, 3.63) is 52.5 Å². The Hall–Kier alpha value is -1.52. The van der Waals surface area contributed by atoms with Crippen molar-refractivity contribution in [2.45, 2.75) is 45.1 Å². The molecule has 5 heteroatoms. The number of fused-ring (bicyclic) bond motifs is 1. The lowest BCUT2D eigenvalue weighted by Crippen LogP contribution is -2.17. The number of allylic oxidation sites excluding steroid dienone is 4. The summed E-state index contributed by atoms with van der Waals surface area (Å²) < 4.78 is 0. The van der Waals surface area contributed by atoms with Crippen molar-refractivity contribution >= 4 is 11.6 Å². The van der Waals surface area contributed by atoms with E-state index in [0.717, 1.165) is 36.2 Å². The molecular formula is C19H27ClN4. The average Bonchev–Trinajstić information content (AvgIpc) is 2.96. The smallest absolute Gasteiger partial charge is 0.0700 e. The van der Waals surface area contributed by atoms with Gasteiger partial charge in [-0.15, -0.1) is 0 Å². The first-order chi connectivity index (χ1) is 11.6. The maximum atomic E-state index is 6.02. The number of H-pyrrole nitrogens is 1. The third kappa shape index (κ3) is 3.93. The van der Waals surface area contributed by atoms with Crippen LogP contribution < -0.4 is 11.1 Å². The van der Waals surface area contributed by atoms with E-state index in [2.05, 4.69) is 22.1 Å². The number of nitrogens with zero attached hydrogens (tertiary/aromatic N) is 1. The maximum absolute atomic E-state index is 6.02. The van der Waals surface area contributed by atoms with E-state index < -0.39 is 0 Å². The molecule has 0 aliphatic heterocycles. The van der Waals surface area contributed by atoms with Crippen molar-refractivity contribution in [3.8, 4) is 0 Å². The van der Waals surface area contributed by atoms with Gasteiger partial charge in [0.2, 0.25) is 0 Å². The maximum Gasteiger partial charge on any atom is 0.0700 e. The molecule has 0 spiro atoms.